The van der Waals surface area contributed by atoms with Crippen LogP contribution >= 0.6 is 0 Å². The van der Waals surface area contributed by atoms with E-state index in [4.69, 9.17) is 0 Å². The molecule has 1 heterocycles. The second kappa shape index (κ2) is 3.56. The zero-order valence-corrected chi connectivity index (χ0v) is 7.59. The van der Waals surface area contributed by atoms with E-state index in [9.17, 15) is 4.79 Å². The topological polar surface area (TPSA) is 20.3 Å². The van der Waals surface area contributed by atoms with Crippen LogP contribution in [0, 0.1) is 0 Å². The van der Waals surface area contributed by atoms with Gasteiger partial charge < -0.3 is 0 Å². The van der Waals surface area contributed by atoms with Gasteiger partial charge in [0.25, 0.3) is 0 Å². The van der Waals surface area contributed by atoms with Crippen molar-refractivity contribution in [2.24, 2.45) is 0 Å². The van der Waals surface area contributed by atoms with Crippen LogP contribution in [0.15, 0.2) is 0 Å². The molecule has 1 aliphatic heterocycles. The molecule has 2 nitrogen and oxygen atoms in total. The van der Waals surface area contributed by atoms with Crippen molar-refractivity contribution >= 4 is 5.78 Å². The number of carbonyl (C=O) groups excluding carboxylic acids is 1. The lowest BCUT2D eigenvalue weighted by Crippen LogP contribution is -2.41. The predicted molar refractivity (Wildman–Crippen MR) is 48.1 cm³/mol. The van der Waals surface area contributed by atoms with Gasteiger partial charge in [-0.25, -0.2) is 0 Å². The summed E-state index contributed by atoms with van der Waals surface area (Å²) in [7, 11) is 0. The number of rotatable bonds is 1. The van der Waals surface area contributed by atoms with Gasteiger partial charge in [0.1, 0.15) is 5.78 Å². The van der Waals surface area contributed by atoms with Gasteiger partial charge in [0.2, 0.25) is 0 Å². The summed E-state index contributed by atoms with van der Waals surface area (Å²) < 4.78 is 0. The van der Waals surface area contributed by atoms with E-state index in [1.165, 1.54) is 19.3 Å². The smallest absolute Gasteiger partial charge is 0.149 e. The summed E-state index contributed by atoms with van der Waals surface area (Å²) in [6.45, 7) is 2.33. The van der Waals surface area contributed by atoms with Crippen molar-refractivity contribution in [3.63, 3.8) is 0 Å². The van der Waals surface area contributed by atoms with Gasteiger partial charge in [0.05, 0.1) is 6.04 Å². The Balaban J connectivity index is 1.95. The number of hydrogen-bond donors (Lipinski definition) is 0. The molecule has 1 saturated heterocycles. The van der Waals surface area contributed by atoms with Crippen LogP contribution in [0.1, 0.15) is 38.5 Å². The number of ketones is 1. The molecule has 2 fully saturated rings. The Labute approximate surface area is 73.9 Å². The number of hydrogen-bond acceptors (Lipinski definition) is 2. The predicted octanol–water partition coefficient (Wildman–Crippen LogP) is 1.59. The number of nitrogens with zero attached hydrogens (tertiary/aromatic N) is 1. The van der Waals surface area contributed by atoms with Crippen molar-refractivity contribution in [3.8, 4) is 0 Å². The van der Waals surface area contributed by atoms with Gasteiger partial charge in [-0.3, -0.25) is 9.69 Å². The van der Waals surface area contributed by atoms with Crippen molar-refractivity contribution < 1.29 is 4.79 Å². The molecule has 0 bridgehead atoms. The fourth-order valence-electron chi connectivity index (χ4n) is 2.40. The quantitative estimate of drug-likeness (QED) is 0.591. The van der Waals surface area contributed by atoms with E-state index in [2.05, 4.69) is 4.90 Å². The number of likely N-dealkylation sites (tertiary alicyclic amines) is 1. The first kappa shape index (κ1) is 8.24. The van der Waals surface area contributed by atoms with Crippen molar-refractivity contribution in [2.45, 2.75) is 44.6 Å². The van der Waals surface area contributed by atoms with Crippen LogP contribution in [0.5, 0.6) is 0 Å². The van der Waals surface area contributed by atoms with E-state index >= 15 is 0 Å². The molecule has 0 unspecified atom stereocenters. The molecule has 0 aromatic heterocycles. The van der Waals surface area contributed by atoms with Crippen LogP contribution in [-0.2, 0) is 4.79 Å². The summed E-state index contributed by atoms with van der Waals surface area (Å²) in [6, 6.07) is 0.307. The SMILES string of the molecule is O=C1CCCC[C@H]1N1CCCC1. The number of Topliss-reactive ketones (excluding diaryl/α,β-unsaturated/α-hetero) is 1. The van der Waals surface area contributed by atoms with Gasteiger partial charge in [-0.15, -0.1) is 0 Å². The highest BCUT2D eigenvalue weighted by Crippen LogP contribution is 2.22. The van der Waals surface area contributed by atoms with E-state index in [0.717, 1.165) is 32.4 Å². The molecule has 0 radical (unpaired) electrons. The minimum Gasteiger partial charge on any atom is -0.298 e. The van der Waals surface area contributed by atoms with E-state index in [1.54, 1.807) is 0 Å². The van der Waals surface area contributed by atoms with Crippen molar-refractivity contribution in [1.82, 2.24) is 4.90 Å². The van der Waals surface area contributed by atoms with Gasteiger partial charge in [0, 0.05) is 6.42 Å². The molecule has 2 heteroatoms. The van der Waals surface area contributed by atoms with E-state index in [1.807, 2.05) is 0 Å². The van der Waals surface area contributed by atoms with Crippen LogP contribution in [0.25, 0.3) is 0 Å². The summed E-state index contributed by atoms with van der Waals surface area (Å²) in [4.78, 5) is 13.9. The first-order valence-corrected chi connectivity index (χ1v) is 5.15. The standard InChI is InChI=1S/C10H17NO/c12-10-6-2-1-5-9(10)11-7-3-4-8-11/h9H,1-8H2/t9-/m1/s1. The first-order chi connectivity index (χ1) is 5.88. The van der Waals surface area contributed by atoms with Gasteiger partial charge >= 0.3 is 0 Å². The second-order valence-corrected chi connectivity index (χ2v) is 3.97. The van der Waals surface area contributed by atoms with Gasteiger partial charge in [0.15, 0.2) is 0 Å². The molecule has 2 aliphatic rings. The summed E-state index contributed by atoms with van der Waals surface area (Å²) in [5.74, 6) is 0.503. The summed E-state index contributed by atoms with van der Waals surface area (Å²) >= 11 is 0. The molecule has 2 rings (SSSR count). The molecule has 1 atom stereocenters. The van der Waals surface area contributed by atoms with Crippen LogP contribution in [0.2, 0.25) is 0 Å². The fourth-order valence-corrected chi connectivity index (χ4v) is 2.40. The molecule has 12 heavy (non-hydrogen) atoms. The molecular formula is C10H17NO. The van der Waals surface area contributed by atoms with E-state index < -0.39 is 0 Å². The molecule has 1 aliphatic carbocycles. The molecule has 0 amide bonds. The summed E-state index contributed by atoms with van der Waals surface area (Å²) in [5, 5.41) is 0. The van der Waals surface area contributed by atoms with Crippen LogP contribution in [0.4, 0.5) is 0 Å². The average molecular weight is 167 g/mol. The van der Waals surface area contributed by atoms with Gasteiger partial charge in [-0.1, -0.05) is 6.42 Å². The minimum atomic E-state index is 0.307. The maximum Gasteiger partial charge on any atom is 0.149 e. The Morgan fingerprint density at radius 1 is 1.08 bits per heavy atom. The minimum absolute atomic E-state index is 0.307. The highest BCUT2D eigenvalue weighted by atomic mass is 16.1. The molecule has 0 spiro atoms. The molecule has 68 valence electrons. The third-order valence-corrected chi connectivity index (χ3v) is 3.10. The lowest BCUT2D eigenvalue weighted by molar-refractivity contribution is -0.125. The lowest BCUT2D eigenvalue weighted by Gasteiger charge is -2.29. The van der Waals surface area contributed by atoms with E-state index in [0.29, 0.717) is 11.8 Å². The number of carbonyl (C=O) groups is 1. The Morgan fingerprint density at radius 3 is 2.50 bits per heavy atom. The largest absolute Gasteiger partial charge is 0.298 e. The Hall–Kier alpha value is -0.370. The normalized spacial score (nSPS) is 32.7. The van der Waals surface area contributed by atoms with Crippen molar-refractivity contribution in [3.05, 3.63) is 0 Å². The molecule has 0 N–H and O–H groups in total. The van der Waals surface area contributed by atoms with Gasteiger partial charge in [-0.2, -0.15) is 0 Å². The third kappa shape index (κ3) is 1.53. The molecule has 0 aromatic carbocycles. The Morgan fingerprint density at radius 2 is 1.83 bits per heavy atom. The highest BCUT2D eigenvalue weighted by molar-refractivity contribution is 5.84. The zero-order chi connectivity index (χ0) is 8.39. The van der Waals surface area contributed by atoms with Crippen LogP contribution < -0.4 is 0 Å². The zero-order valence-electron chi connectivity index (χ0n) is 7.59. The Bertz CT molecular complexity index is 173. The third-order valence-electron chi connectivity index (χ3n) is 3.10. The summed E-state index contributed by atoms with van der Waals surface area (Å²) in [5.41, 5.74) is 0. The Kier molecular flexibility index (Phi) is 2.45. The summed E-state index contributed by atoms with van der Waals surface area (Å²) in [6.07, 6.45) is 6.93. The monoisotopic (exact) mass is 167 g/mol. The maximum absolute atomic E-state index is 11.5. The van der Waals surface area contributed by atoms with Crippen molar-refractivity contribution in [1.29, 1.82) is 0 Å². The second-order valence-electron chi connectivity index (χ2n) is 3.97. The highest BCUT2D eigenvalue weighted by Gasteiger charge is 2.29. The molecular weight excluding hydrogens is 150 g/mol. The first-order valence-electron chi connectivity index (χ1n) is 5.15. The average Bonchev–Trinajstić information content (AvgIpc) is 2.57. The molecule has 1 saturated carbocycles. The van der Waals surface area contributed by atoms with E-state index in [-0.39, 0.29) is 0 Å². The van der Waals surface area contributed by atoms with Crippen LogP contribution in [0.3, 0.4) is 0 Å². The van der Waals surface area contributed by atoms with Crippen molar-refractivity contribution in [2.75, 3.05) is 13.1 Å². The maximum atomic E-state index is 11.5. The molecule has 0 aromatic rings. The van der Waals surface area contributed by atoms with Gasteiger partial charge in [-0.05, 0) is 38.8 Å². The lowest BCUT2D eigenvalue weighted by atomic mass is 9.93. The van der Waals surface area contributed by atoms with Crippen LogP contribution in [-0.4, -0.2) is 29.8 Å². The fraction of sp³-hybridized carbons (Fsp3) is 0.900.